The molecular formula is C22H20FN5O3S. The van der Waals surface area contributed by atoms with E-state index in [1.54, 1.807) is 6.07 Å². The number of rotatable bonds is 8. The summed E-state index contributed by atoms with van der Waals surface area (Å²) in [6.45, 7) is 2.47. The second-order valence-electron chi connectivity index (χ2n) is 6.87. The van der Waals surface area contributed by atoms with E-state index < -0.39 is 11.2 Å². The van der Waals surface area contributed by atoms with Gasteiger partial charge in [-0.15, -0.1) is 10.2 Å². The number of nitrogens with zero attached hydrogens (tertiary/aromatic N) is 3. The van der Waals surface area contributed by atoms with Gasteiger partial charge in [0.05, 0.1) is 6.61 Å². The van der Waals surface area contributed by atoms with Gasteiger partial charge in [0.15, 0.2) is 5.16 Å². The first-order valence-corrected chi connectivity index (χ1v) is 10.9. The molecule has 8 nitrogen and oxygen atoms in total. The van der Waals surface area contributed by atoms with Crippen LogP contribution in [0.3, 0.4) is 0 Å². The molecule has 4 rings (SSSR count). The highest BCUT2D eigenvalue weighted by Crippen LogP contribution is 2.27. The largest absolute Gasteiger partial charge is 0.494 e. The highest BCUT2D eigenvalue weighted by molar-refractivity contribution is 7.98. The number of hydrogen-bond acceptors (Lipinski definition) is 6. The number of halogens is 1. The van der Waals surface area contributed by atoms with Gasteiger partial charge < -0.3 is 9.72 Å². The Morgan fingerprint density at radius 3 is 2.59 bits per heavy atom. The number of hydrogen-bond donors (Lipinski definition) is 2. The van der Waals surface area contributed by atoms with Crippen LogP contribution in [0.1, 0.15) is 24.0 Å². The number of nitrogens with one attached hydrogen (secondary N) is 2. The average Bonchev–Trinajstić information content (AvgIpc) is 3.15. The molecule has 10 heteroatoms. The monoisotopic (exact) mass is 453 g/mol. The van der Waals surface area contributed by atoms with Crippen molar-refractivity contribution in [3.05, 3.63) is 98.3 Å². The molecule has 2 aromatic carbocycles. The predicted molar refractivity (Wildman–Crippen MR) is 119 cm³/mol. The minimum Gasteiger partial charge on any atom is -0.494 e. The minimum atomic E-state index is -0.583. The molecule has 0 unspecified atom stereocenters. The Morgan fingerprint density at radius 1 is 1.06 bits per heavy atom. The first kappa shape index (κ1) is 21.6. The maximum Gasteiger partial charge on any atom is 0.325 e. The van der Waals surface area contributed by atoms with Crippen molar-refractivity contribution in [2.45, 2.75) is 24.3 Å². The second-order valence-corrected chi connectivity index (χ2v) is 7.81. The van der Waals surface area contributed by atoms with Crippen molar-refractivity contribution in [2.24, 2.45) is 0 Å². The third-order valence-corrected chi connectivity index (χ3v) is 5.53. The van der Waals surface area contributed by atoms with E-state index in [1.165, 1.54) is 30.0 Å². The quantitative estimate of drug-likeness (QED) is 0.397. The molecule has 2 N–H and O–H groups in total. The normalized spacial score (nSPS) is 10.9. The Labute approximate surface area is 186 Å². The Bertz CT molecular complexity index is 1300. The molecule has 164 valence electrons. The van der Waals surface area contributed by atoms with E-state index in [9.17, 15) is 14.0 Å². The molecule has 0 saturated carbocycles. The summed E-state index contributed by atoms with van der Waals surface area (Å²) in [5, 5.41) is 9.19. The molecule has 0 saturated heterocycles. The first-order valence-electron chi connectivity index (χ1n) is 9.89. The smallest absolute Gasteiger partial charge is 0.325 e. The molecule has 2 aromatic heterocycles. The third-order valence-electron chi connectivity index (χ3n) is 4.53. The molecule has 0 radical (unpaired) electrons. The van der Waals surface area contributed by atoms with E-state index in [2.05, 4.69) is 20.2 Å². The summed E-state index contributed by atoms with van der Waals surface area (Å²) in [7, 11) is 0. The zero-order valence-electron chi connectivity index (χ0n) is 17.2. The van der Waals surface area contributed by atoms with Crippen LogP contribution in [-0.2, 0) is 12.2 Å². The number of H-pyrrole nitrogens is 2. The highest BCUT2D eigenvalue weighted by Gasteiger charge is 2.16. The first-order chi connectivity index (χ1) is 15.5. The van der Waals surface area contributed by atoms with Crippen LogP contribution in [0.25, 0.3) is 5.69 Å². The summed E-state index contributed by atoms with van der Waals surface area (Å²) in [5.74, 6) is 1.47. The molecule has 32 heavy (non-hydrogen) atoms. The van der Waals surface area contributed by atoms with Gasteiger partial charge in [0.1, 0.15) is 17.4 Å². The molecule has 0 amide bonds. The standard InChI is InChI=1S/C22H20FN5O3S/c1-2-31-18-8-6-17(7-9-18)28-19(11-16-12-20(29)25-21(30)24-16)26-27-22(28)32-13-14-4-3-5-15(23)10-14/h3-10,12H,2,11,13H2,1H3,(H2,24,25,29,30). The summed E-state index contributed by atoms with van der Waals surface area (Å²) in [6, 6.07) is 15.2. The zero-order chi connectivity index (χ0) is 22.5. The molecule has 4 aromatic rings. The van der Waals surface area contributed by atoms with Crippen LogP contribution in [0, 0.1) is 5.82 Å². The summed E-state index contributed by atoms with van der Waals surface area (Å²) >= 11 is 1.41. The number of aromatic nitrogens is 5. The van der Waals surface area contributed by atoms with Crippen LogP contribution in [0.15, 0.2) is 69.3 Å². The van der Waals surface area contributed by atoms with Gasteiger partial charge in [0, 0.05) is 29.6 Å². The molecule has 0 aliphatic carbocycles. The van der Waals surface area contributed by atoms with Gasteiger partial charge in [-0.1, -0.05) is 23.9 Å². The lowest BCUT2D eigenvalue weighted by Gasteiger charge is -2.11. The fourth-order valence-electron chi connectivity index (χ4n) is 3.19. The number of ether oxygens (including phenoxy) is 1. The van der Waals surface area contributed by atoms with Gasteiger partial charge >= 0.3 is 5.69 Å². The average molecular weight is 453 g/mol. The lowest BCUT2D eigenvalue weighted by atomic mass is 10.2. The fourth-order valence-corrected chi connectivity index (χ4v) is 4.10. The molecule has 0 fully saturated rings. The predicted octanol–water partition coefficient (Wildman–Crippen LogP) is 3.06. The van der Waals surface area contributed by atoms with Crippen molar-refractivity contribution in [3.63, 3.8) is 0 Å². The summed E-state index contributed by atoms with van der Waals surface area (Å²) in [5.41, 5.74) is 0.955. The fraction of sp³-hybridized carbons (Fsp3) is 0.182. The topological polar surface area (TPSA) is 106 Å². The molecule has 2 heterocycles. The van der Waals surface area contributed by atoms with Crippen LogP contribution in [0.2, 0.25) is 0 Å². The van der Waals surface area contributed by atoms with Crippen LogP contribution in [0.5, 0.6) is 5.75 Å². The van der Waals surface area contributed by atoms with Gasteiger partial charge in [-0.25, -0.2) is 9.18 Å². The Kier molecular flexibility index (Phi) is 6.50. The van der Waals surface area contributed by atoms with Crippen molar-refractivity contribution in [1.29, 1.82) is 0 Å². The molecule has 0 atom stereocenters. The van der Waals surface area contributed by atoms with Gasteiger partial charge in [0.2, 0.25) is 0 Å². The van der Waals surface area contributed by atoms with Crippen LogP contribution < -0.4 is 16.0 Å². The van der Waals surface area contributed by atoms with Crippen molar-refractivity contribution in [2.75, 3.05) is 6.61 Å². The maximum absolute atomic E-state index is 13.5. The van der Waals surface area contributed by atoms with E-state index >= 15 is 0 Å². The van der Waals surface area contributed by atoms with Crippen LogP contribution >= 0.6 is 11.8 Å². The van der Waals surface area contributed by atoms with E-state index in [1.807, 2.05) is 41.8 Å². The highest BCUT2D eigenvalue weighted by atomic mass is 32.2. The van der Waals surface area contributed by atoms with Crippen molar-refractivity contribution in [3.8, 4) is 11.4 Å². The lowest BCUT2D eigenvalue weighted by Crippen LogP contribution is -2.23. The Hall–Kier alpha value is -3.66. The van der Waals surface area contributed by atoms with Crippen LogP contribution in [-0.4, -0.2) is 31.3 Å². The number of aromatic amines is 2. The summed E-state index contributed by atoms with van der Waals surface area (Å²) < 4.78 is 20.9. The molecule has 0 aliphatic heterocycles. The van der Waals surface area contributed by atoms with E-state index in [4.69, 9.17) is 4.74 Å². The summed E-state index contributed by atoms with van der Waals surface area (Å²) in [4.78, 5) is 28.1. The van der Waals surface area contributed by atoms with Crippen molar-refractivity contribution in [1.82, 2.24) is 24.7 Å². The number of benzene rings is 2. The second kappa shape index (κ2) is 9.65. The summed E-state index contributed by atoms with van der Waals surface area (Å²) in [6.07, 6.45) is 0.194. The minimum absolute atomic E-state index is 0.194. The molecule has 0 bridgehead atoms. The van der Waals surface area contributed by atoms with Crippen LogP contribution in [0.4, 0.5) is 4.39 Å². The molecule has 0 spiro atoms. The zero-order valence-corrected chi connectivity index (χ0v) is 18.0. The Balaban J connectivity index is 1.69. The maximum atomic E-state index is 13.5. The van der Waals surface area contributed by atoms with Gasteiger partial charge in [-0.05, 0) is 48.9 Å². The molecule has 0 aliphatic rings. The molecular weight excluding hydrogens is 433 g/mol. The lowest BCUT2D eigenvalue weighted by molar-refractivity contribution is 0.340. The Morgan fingerprint density at radius 2 is 1.88 bits per heavy atom. The third kappa shape index (κ3) is 5.14. The van der Waals surface area contributed by atoms with E-state index in [0.717, 1.165) is 17.0 Å². The van der Waals surface area contributed by atoms with E-state index in [0.29, 0.717) is 29.0 Å². The van der Waals surface area contributed by atoms with E-state index in [-0.39, 0.29) is 12.2 Å². The number of thioether (sulfide) groups is 1. The van der Waals surface area contributed by atoms with Gasteiger partial charge in [-0.2, -0.15) is 0 Å². The van der Waals surface area contributed by atoms with Gasteiger partial charge in [0.25, 0.3) is 5.56 Å². The van der Waals surface area contributed by atoms with Gasteiger partial charge in [-0.3, -0.25) is 14.3 Å². The van der Waals surface area contributed by atoms with Crippen molar-refractivity contribution < 1.29 is 9.13 Å². The SMILES string of the molecule is CCOc1ccc(-n2c(Cc3cc(=O)[nH]c(=O)[nH]3)nnc2SCc2cccc(F)c2)cc1. The van der Waals surface area contributed by atoms with Crippen molar-refractivity contribution >= 4 is 11.8 Å².